The number of hydrogen-bond donors (Lipinski definition) is 1. The maximum absolute atomic E-state index is 5.49. The molecule has 1 saturated carbocycles. The molecule has 0 aromatic rings. The van der Waals surface area contributed by atoms with Gasteiger partial charge in [0.05, 0.1) is 6.61 Å². The summed E-state index contributed by atoms with van der Waals surface area (Å²) in [6, 6.07) is 0. The lowest BCUT2D eigenvalue weighted by molar-refractivity contribution is 0.181. The van der Waals surface area contributed by atoms with Gasteiger partial charge in [0.2, 0.25) is 0 Å². The highest BCUT2D eigenvalue weighted by atomic mass is 127. The van der Waals surface area contributed by atoms with Crippen molar-refractivity contribution in [2.75, 3.05) is 39.9 Å². The molecule has 1 N–H and O–H groups in total. The average molecular weight is 437 g/mol. The summed E-state index contributed by atoms with van der Waals surface area (Å²) >= 11 is 0. The van der Waals surface area contributed by atoms with Crippen LogP contribution in [0.3, 0.4) is 0 Å². The average Bonchev–Trinajstić information content (AvgIpc) is 3.04. The number of aliphatic imine (C=N–C) groups is 1. The Bertz CT molecular complexity index is 337. The van der Waals surface area contributed by atoms with E-state index in [4.69, 9.17) is 9.73 Å². The highest BCUT2D eigenvalue weighted by Gasteiger charge is 2.21. The highest BCUT2D eigenvalue weighted by Crippen LogP contribution is 2.30. The number of nitrogens with one attached hydrogen (secondary N) is 1. The molecule has 136 valence electrons. The minimum atomic E-state index is 0. The zero-order valence-corrected chi connectivity index (χ0v) is 17.6. The van der Waals surface area contributed by atoms with Crippen LogP contribution in [0.5, 0.6) is 0 Å². The van der Waals surface area contributed by atoms with Gasteiger partial charge in [-0.2, -0.15) is 0 Å². The maximum atomic E-state index is 5.49. The van der Waals surface area contributed by atoms with Crippen molar-refractivity contribution in [3.05, 3.63) is 0 Å². The Kier molecular flexibility index (Phi) is 10.5. The molecule has 1 atom stereocenters. The molecule has 1 heterocycles. The first-order valence-electron chi connectivity index (χ1n) is 9.30. The second-order valence-corrected chi connectivity index (χ2v) is 7.10. The number of hydrogen-bond acceptors (Lipinski definition) is 2. The summed E-state index contributed by atoms with van der Waals surface area (Å²) in [5.41, 5.74) is 0. The number of guanidine groups is 1. The van der Waals surface area contributed by atoms with E-state index in [1.54, 1.807) is 0 Å². The van der Waals surface area contributed by atoms with Gasteiger partial charge in [-0.15, -0.1) is 24.0 Å². The van der Waals surface area contributed by atoms with Crippen LogP contribution in [0, 0.1) is 17.8 Å². The van der Waals surface area contributed by atoms with E-state index in [0.29, 0.717) is 5.92 Å². The van der Waals surface area contributed by atoms with Gasteiger partial charge in [-0.05, 0) is 38.0 Å². The fraction of sp³-hybridized carbons (Fsp3) is 0.944. The Labute approximate surface area is 159 Å². The Balaban J connectivity index is 0.00000264. The molecule has 1 unspecified atom stereocenters. The molecule has 4 nitrogen and oxygen atoms in total. The standard InChI is InChI=1S/C18H35N3O.HI/c1-4-15-6-8-16(9-7-15)12-20-18(19-5-2)21(3)13-17-10-11-22-14-17;/h15-17H,4-14H2,1-3H3,(H,19,20);1H. The highest BCUT2D eigenvalue weighted by molar-refractivity contribution is 14.0. The lowest BCUT2D eigenvalue weighted by Crippen LogP contribution is -2.41. The van der Waals surface area contributed by atoms with Crippen molar-refractivity contribution in [2.24, 2.45) is 22.7 Å². The molecule has 2 aliphatic rings. The Morgan fingerprint density at radius 2 is 1.78 bits per heavy atom. The number of nitrogens with zero attached hydrogens (tertiary/aromatic N) is 2. The summed E-state index contributed by atoms with van der Waals surface area (Å²) in [5, 5.41) is 3.45. The molecule has 2 rings (SSSR count). The third-order valence-electron chi connectivity index (χ3n) is 5.30. The lowest BCUT2D eigenvalue weighted by Gasteiger charge is -2.28. The molecule has 1 aliphatic carbocycles. The molecule has 0 radical (unpaired) electrons. The van der Waals surface area contributed by atoms with E-state index in [1.807, 2.05) is 0 Å². The fourth-order valence-electron chi connectivity index (χ4n) is 3.71. The summed E-state index contributed by atoms with van der Waals surface area (Å²) in [6.45, 7) is 9.28. The quantitative estimate of drug-likeness (QED) is 0.391. The van der Waals surface area contributed by atoms with E-state index >= 15 is 0 Å². The van der Waals surface area contributed by atoms with E-state index in [1.165, 1.54) is 38.5 Å². The first kappa shape index (κ1) is 21.0. The number of halogens is 1. The molecular formula is C18H36IN3O. The molecule has 0 amide bonds. The monoisotopic (exact) mass is 437 g/mol. The van der Waals surface area contributed by atoms with Gasteiger partial charge in [-0.25, -0.2) is 0 Å². The van der Waals surface area contributed by atoms with Gasteiger partial charge in [0.1, 0.15) is 0 Å². The lowest BCUT2D eigenvalue weighted by atomic mass is 9.81. The van der Waals surface area contributed by atoms with Crippen molar-refractivity contribution < 1.29 is 4.74 Å². The summed E-state index contributed by atoms with van der Waals surface area (Å²) in [6.07, 6.45) is 8.07. The number of ether oxygens (including phenoxy) is 1. The van der Waals surface area contributed by atoms with E-state index in [2.05, 4.69) is 31.1 Å². The Morgan fingerprint density at radius 3 is 2.35 bits per heavy atom. The molecule has 0 spiro atoms. The van der Waals surface area contributed by atoms with Crippen molar-refractivity contribution in [1.29, 1.82) is 0 Å². The minimum Gasteiger partial charge on any atom is -0.381 e. The summed E-state index contributed by atoms with van der Waals surface area (Å²) in [5.74, 6) is 3.50. The molecule has 2 fully saturated rings. The minimum absolute atomic E-state index is 0. The van der Waals surface area contributed by atoms with Gasteiger partial charge >= 0.3 is 0 Å². The van der Waals surface area contributed by atoms with Crippen molar-refractivity contribution >= 4 is 29.9 Å². The van der Waals surface area contributed by atoms with Gasteiger partial charge in [-0.3, -0.25) is 4.99 Å². The van der Waals surface area contributed by atoms with E-state index in [0.717, 1.165) is 50.6 Å². The van der Waals surface area contributed by atoms with E-state index in [9.17, 15) is 0 Å². The fourth-order valence-corrected chi connectivity index (χ4v) is 3.71. The summed E-state index contributed by atoms with van der Waals surface area (Å²) < 4.78 is 5.49. The molecule has 5 heteroatoms. The Morgan fingerprint density at radius 1 is 1.09 bits per heavy atom. The van der Waals surface area contributed by atoms with Gasteiger partial charge in [-0.1, -0.05) is 26.2 Å². The van der Waals surface area contributed by atoms with E-state index in [-0.39, 0.29) is 24.0 Å². The van der Waals surface area contributed by atoms with Crippen molar-refractivity contribution in [2.45, 2.75) is 52.4 Å². The smallest absolute Gasteiger partial charge is 0.193 e. The Hall–Kier alpha value is -0.0400. The van der Waals surface area contributed by atoms with Crippen molar-refractivity contribution in [3.63, 3.8) is 0 Å². The maximum Gasteiger partial charge on any atom is 0.193 e. The molecular weight excluding hydrogens is 401 g/mol. The first-order valence-corrected chi connectivity index (χ1v) is 9.30. The van der Waals surface area contributed by atoms with Gasteiger partial charge in [0, 0.05) is 39.2 Å². The molecule has 0 aromatic carbocycles. The second kappa shape index (κ2) is 11.5. The van der Waals surface area contributed by atoms with Crippen LogP contribution in [0.2, 0.25) is 0 Å². The third kappa shape index (κ3) is 7.16. The van der Waals surface area contributed by atoms with Gasteiger partial charge in [0.15, 0.2) is 5.96 Å². The molecule has 23 heavy (non-hydrogen) atoms. The number of rotatable bonds is 6. The SMILES string of the molecule is CCNC(=NCC1CCC(CC)CC1)N(C)CC1CCOC1.I. The van der Waals surface area contributed by atoms with Crippen LogP contribution in [0.4, 0.5) is 0 Å². The third-order valence-corrected chi connectivity index (χ3v) is 5.30. The largest absolute Gasteiger partial charge is 0.381 e. The van der Waals surface area contributed by atoms with Crippen LogP contribution >= 0.6 is 24.0 Å². The van der Waals surface area contributed by atoms with Crippen molar-refractivity contribution in [1.82, 2.24) is 10.2 Å². The summed E-state index contributed by atoms with van der Waals surface area (Å²) in [7, 11) is 2.16. The summed E-state index contributed by atoms with van der Waals surface area (Å²) in [4.78, 5) is 7.21. The molecule has 1 saturated heterocycles. The predicted molar refractivity (Wildman–Crippen MR) is 109 cm³/mol. The van der Waals surface area contributed by atoms with Crippen LogP contribution in [-0.4, -0.2) is 50.8 Å². The van der Waals surface area contributed by atoms with Crippen LogP contribution in [-0.2, 0) is 4.74 Å². The van der Waals surface area contributed by atoms with Gasteiger partial charge in [0.25, 0.3) is 0 Å². The topological polar surface area (TPSA) is 36.9 Å². The van der Waals surface area contributed by atoms with E-state index < -0.39 is 0 Å². The molecule has 0 aromatic heterocycles. The zero-order chi connectivity index (χ0) is 15.8. The molecule has 0 bridgehead atoms. The second-order valence-electron chi connectivity index (χ2n) is 7.10. The zero-order valence-electron chi connectivity index (χ0n) is 15.2. The normalized spacial score (nSPS) is 28.3. The first-order chi connectivity index (χ1) is 10.7. The molecule has 1 aliphatic heterocycles. The van der Waals surface area contributed by atoms with Crippen LogP contribution in [0.1, 0.15) is 52.4 Å². The van der Waals surface area contributed by atoms with Crippen LogP contribution in [0.15, 0.2) is 4.99 Å². The van der Waals surface area contributed by atoms with Gasteiger partial charge < -0.3 is 15.0 Å². The predicted octanol–water partition coefficient (Wildman–Crippen LogP) is 3.75. The van der Waals surface area contributed by atoms with Crippen LogP contribution in [0.25, 0.3) is 0 Å². The van der Waals surface area contributed by atoms with Crippen molar-refractivity contribution in [3.8, 4) is 0 Å². The van der Waals surface area contributed by atoms with Crippen LogP contribution < -0.4 is 5.32 Å².